The third kappa shape index (κ3) is 4.74. The van der Waals surface area contributed by atoms with Crippen LogP contribution in [0, 0.1) is 23.7 Å². The summed E-state index contributed by atoms with van der Waals surface area (Å²) in [6.45, 7) is 4.83. The average molecular weight is 301 g/mol. The molecule has 22 heavy (non-hydrogen) atoms. The van der Waals surface area contributed by atoms with Crippen LogP contribution in [0.2, 0.25) is 0 Å². The molecule has 0 saturated heterocycles. The molecule has 0 radical (unpaired) electrons. The Kier molecular flexibility index (Phi) is 5.83. The summed E-state index contributed by atoms with van der Waals surface area (Å²) < 4.78 is 0. The van der Waals surface area contributed by atoms with Crippen molar-refractivity contribution in [3.8, 4) is 0 Å². The Morgan fingerprint density at radius 3 is 2.00 bits per heavy atom. The van der Waals surface area contributed by atoms with Gasteiger partial charge in [-0.25, -0.2) is 0 Å². The number of allylic oxidation sites excluding steroid dienone is 4. The van der Waals surface area contributed by atoms with Crippen LogP contribution in [0.3, 0.4) is 0 Å². The van der Waals surface area contributed by atoms with Crippen LogP contribution in [0.5, 0.6) is 0 Å². The Hall–Kier alpha value is -0.520. The summed E-state index contributed by atoms with van der Waals surface area (Å²) in [7, 11) is 0. The maximum absolute atomic E-state index is 2.62. The van der Waals surface area contributed by atoms with Gasteiger partial charge in [-0.2, -0.15) is 0 Å². The van der Waals surface area contributed by atoms with Crippen molar-refractivity contribution in [3.05, 3.63) is 23.3 Å². The van der Waals surface area contributed by atoms with Crippen LogP contribution in [0.4, 0.5) is 0 Å². The summed E-state index contributed by atoms with van der Waals surface area (Å²) >= 11 is 0. The van der Waals surface area contributed by atoms with E-state index in [1.54, 1.807) is 11.1 Å². The quantitative estimate of drug-likeness (QED) is 0.487. The molecule has 3 aliphatic carbocycles. The van der Waals surface area contributed by atoms with Crippen LogP contribution >= 0.6 is 0 Å². The summed E-state index contributed by atoms with van der Waals surface area (Å²) in [6.07, 6.45) is 22.4. The molecule has 124 valence electrons. The molecule has 1 fully saturated rings. The summed E-state index contributed by atoms with van der Waals surface area (Å²) in [5, 5.41) is 0. The van der Waals surface area contributed by atoms with Gasteiger partial charge in [-0.3, -0.25) is 0 Å². The first kappa shape index (κ1) is 16.3. The van der Waals surface area contributed by atoms with Crippen molar-refractivity contribution in [1.82, 2.24) is 0 Å². The first-order valence-corrected chi connectivity index (χ1v) is 10.0. The van der Waals surface area contributed by atoms with Gasteiger partial charge in [-0.15, -0.1) is 0 Å². The van der Waals surface area contributed by atoms with Crippen molar-refractivity contribution in [1.29, 1.82) is 0 Å². The molecule has 0 heteroatoms. The number of rotatable bonds is 4. The first-order valence-electron chi connectivity index (χ1n) is 10.0. The van der Waals surface area contributed by atoms with E-state index in [9.17, 15) is 0 Å². The van der Waals surface area contributed by atoms with Gasteiger partial charge >= 0.3 is 0 Å². The lowest BCUT2D eigenvalue weighted by Crippen LogP contribution is -2.17. The molecule has 2 atom stereocenters. The van der Waals surface area contributed by atoms with Gasteiger partial charge in [0.25, 0.3) is 0 Å². The number of hydrogen-bond acceptors (Lipinski definition) is 0. The second-order valence-electron chi connectivity index (χ2n) is 8.78. The summed E-state index contributed by atoms with van der Waals surface area (Å²) in [5.41, 5.74) is 3.50. The molecule has 0 heterocycles. The van der Waals surface area contributed by atoms with E-state index in [2.05, 4.69) is 26.0 Å². The van der Waals surface area contributed by atoms with E-state index in [1.165, 1.54) is 77.0 Å². The molecule has 0 N–H and O–H groups in total. The summed E-state index contributed by atoms with van der Waals surface area (Å²) in [6, 6.07) is 0. The zero-order chi connectivity index (χ0) is 15.4. The Balaban J connectivity index is 1.42. The van der Waals surface area contributed by atoms with E-state index in [1.807, 2.05) is 0 Å². The van der Waals surface area contributed by atoms with Gasteiger partial charge < -0.3 is 0 Å². The highest BCUT2D eigenvalue weighted by molar-refractivity contribution is 5.19. The Labute approximate surface area is 138 Å². The predicted octanol–water partition coefficient (Wildman–Crippen LogP) is 7.07. The Morgan fingerprint density at radius 1 is 0.727 bits per heavy atom. The van der Waals surface area contributed by atoms with E-state index < -0.39 is 0 Å². The molecule has 0 nitrogen and oxygen atoms in total. The fourth-order valence-electron chi connectivity index (χ4n) is 4.83. The third-order valence-electron chi connectivity index (χ3n) is 6.64. The van der Waals surface area contributed by atoms with Crippen LogP contribution in [0.1, 0.15) is 90.9 Å². The zero-order valence-electron chi connectivity index (χ0n) is 14.9. The molecule has 0 aliphatic heterocycles. The third-order valence-corrected chi connectivity index (χ3v) is 6.64. The molecule has 3 rings (SSSR count). The van der Waals surface area contributed by atoms with Gasteiger partial charge in [0.1, 0.15) is 0 Å². The molecule has 0 aromatic carbocycles. The van der Waals surface area contributed by atoms with Crippen molar-refractivity contribution in [2.75, 3.05) is 0 Å². The van der Waals surface area contributed by atoms with Gasteiger partial charge in [-0.05, 0) is 75.0 Å². The van der Waals surface area contributed by atoms with E-state index in [4.69, 9.17) is 0 Å². The van der Waals surface area contributed by atoms with Crippen LogP contribution in [0.25, 0.3) is 0 Å². The number of hydrogen-bond donors (Lipinski definition) is 0. The highest BCUT2D eigenvalue weighted by Crippen LogP contribution is 2.38. The van der Waals surface area contributed by atoms with E-state index in [0.717, 1.165) is 23.7 Å². The Morgan fingerprint density at radius 2 is 1.41 bits per heavy atom. The highest BCUT2D eigenvalue weighted by atomic mass is 14.3. The molecule has 0 aromatic rings. The monoisotopic (exact) mass is 300 g/mol. The minimum absolute atomic E-state index is 0.923. The van der Waals surface area contributed by atoms with Crippen molar-refractivity contribution in [3.63, 3.8) is 0 Å². The van der Waals surface area contributed by atoms with Gasteiger partial charge in [-0.1, -0.05) is 62.8 Å². The van der Waals surface area contributed by atoms with Gasteiger partial charge in [0, 0.05) is 0 Å². The minimum atomic E-state index is 0.923. The molecule has 3 aliphatic rings. The lowest BCUT2D eigenvalue weighted by atomic mass is 9.75. The smallest absolute Gasteiger partial charge is 0.0108 e. The van der Waals surface area contributed by atoms with Crippen molar-refractivity contribution in [2.45, 2.75) is 90.9 Å². The van der Waals surface area contributed by atoms with Crippen molar-refractivity contribution in [2.24, 2.45) is 23.7 Å². The van der Waals surface area contributed by atoms with Crippen LogP contribution < -0.4 is 0 Å². The molecule has 0 aromatic heterocycles. The maximum atomic E-state index is 2.62. The van der Waals surface area contributed by atoms with Crippen LogP contribution in [-0.2, 0) is 0 Å². The normalized spacial score (nSPS) is 36.6. The zero-order valence-corrected chi connectivity index (χ0v) is 14.9. The maximum Gasteiger partial charge on any atom is -0.0108 e. The van der Waals surface area contributed by atoms with E-state index >= 15 is 0 Å². The predicted molar refractivity (Wildman–Crippen MR) is 96.9 cm³/mol. The SMILES string of the molecule is CC1CC=C(CC2=CCC(CC3CCC(C)CC3)CC2)CC1. The van der Waals surface area contributed by atoms with Crippen LogP contribution in [-0.4, -0.2) is 0 Å². The molecule has 0 bridgehead atoms. The first-order chi connectivity index (χ1) is 10.7. The van der Waals surface area contributed by atoms with Crippen LogP contribution in [0.15, 0.2) is 23.3 Å². The van der Waals surface area contributed by atoms with Gasteiger partial charge in [0.2, 0.25) is 0 Å². The van der Waals surface area contributed by atoms with Crippen molar-refractivity contribution >= 4 is 0 Å². The van der Waals surface area contributed by atoms with E-state index in [0.29, 0.717) is 0 Å². The largest absolute Gasteiger partial charge is 0.0847 e. The molecular weight excluding hydrogens is 264 g/mol. The average Bonchev–Trinajstić information content (AvgIpc) is 2.54. The molecule has 2 unspecified atom stereocenters. The Bertz CT molecular complexity index is 406. The fourth-order valence-corrected chi connectivity index (χ4v) is 4.83. The molecule has 0 amide bonds. The second-order valence-corrected chi connectivity index (χ2v) is 8.78. The fraction of sp³-hybridized carbons (Fsp3) is 0.818. The molecule has 1 saturated carbocycles. The second kappa shape index (κ2) is 7.84. The van der Waals surface area contributed by atoms with Gasteiger partial charge in [0.05, 0.1) is 0 Å². The standard InChI is InChI=1S/C22H36/c1-17-3-7-19(8-4-17)15-21-11-13-22(14-12-21)16-20-9-5-18(2)6-10-20/h7,11,17-18,20,22H,3-6,8-10,12-16H2,1-2H3. The molecular formula is C22H36. The topological polar surface area (TPSA) is 0 Å². The lowest BCUT2D eigenvalue weighted by molar-refractivity contribution is 0.238. The highest BCUT2D eigenvalue weighted by Gasteiger charge is 2.23. The lowest BCUT2D eigenvalue weighted by Gasteiger charge is -2.31. The summed E-state index contributed by atoms with van der Waals surface area (Å²) in [5.74, 6) is 3.98. The summed E-state index contributed by atoms with van der Waals surface area (Å²) in [4.78, 5) is 0. The molecule has 0 spiro atoms. The van der Waals surface area contributed by atoms with Gasteiger partial charge in [0.15, 0.2) is 0 Å². The van der Waals surface area contributed by atoms with E-state index in [-0.39, 0.29) is 0 Å². The van der Waals surface area contributed by atoms with Crippen molar-refractivity contribution < 1.29 is 0 Å². The minimum Gasteiger partial charge on any atom is -0.0847 e.